The Bertz CT molecular complexity index is 1500. The highest BCUT2D eigenvalue weighted by atomic mass is 28.3. The summed E-state index contributed by atoms with van der Waals surface area (Å²) in [6.07, 6.45) is 45.1. The molecular weight excluding hydrogens is 773 g/mol. The van der Waals surface area contributed by atoms with Crippen LogP contribution in [0, 0.1) is 5.92 Å². The van der Waals surface area contributed by atoms with E-state index in [1.807, 2.05) is 0 Å². The van der Waals surface area contributed by atoms with E-state index in [-0.39, 0.29) is 0 Å². The van der Waals surface area contributed by atoms with Crippen LogP contribution in [0.25, 0.3) is 0 Å². The van der Waals surface area contributed by atoms with E-state index in [1.165, 1.54) is 193 Å². The van der Waals surface area contributed by atoms with Crippen molar-refractivity contribution in [1.82, 2.24) is 0 Å². The van der Waals surface area contributed by atoms with Crippen molar-refractivity contribution in [1.29, 1.82) is 0 Å². The normalized spacial score (nSPS) is 13.0. The molecule has 1 heteroatoms. The predicted octanol–water partition coefficient (Wildman–Crippen LogP) is 17.3. The van der Waals surface area contributed by atoms with Crippen molar-refractivity contribution in [3.8, 4) is 0 Å². The minimum Gasteiger partial charge on any atom is -0.0805 e. The first-order valence-electron chi connectivity index (χ1n) is 27.6. The fourth-order valence-electron chi connectivity index (χ4n) is 10.8. The summed E-state index contributed by atoms with van der Waals surface area (Å²) in [7, 11) is -2.81. The van der Waals surface area contributed by atoms with Crippen LogP contribution in [0.15, 0.2) is 77.5 Å². The van der Waals surface area contributed by atoms with Crippen LogP contribution >= 0.6 is 0 Å². The second-order valence-corrected chi connectivity index (χ2v) is 24.3. The molecule has 0 N–H and O–H groups in total. The van der Waals surface area contributed by atoms with Gasteiger partial charge in [-0.3, -0.25) is 0 Å². The first-order valence-corrected chi connectivity index (χ1v) is 29.6. The molecule has 0 saturated heterocycles. The van der Waals surface area contributed by atoms with Gasteiger partial charge in [0.05, 0.1) is 0 Å². The molecule has 0 heterocycles. The number of rotatable bonds is 35. The number of aryl methyl sites for hydroxylation is 6. The van der Waals surface area contributed by atoms with E-state index < -0.39 is 8.07 Å². The summed E-state index contributed by atoms with van der Waals surface area (Å²) in [6, 6.07) is 24.8. The molecule has 0 spiro atoms. The smallest absolute Gasteiger partial charge is 0.0805 e. The van der Waals surface area contributed by atoms with E-state index in [2.05, 4.69) is 122 Å². The minimum atomic E-state index is -2.81. The minimum absolute atomic E-state index is 0.493. The Balaban J connectivity index is 2.16. The van der Waals surface area contributed by atoms with Crippen LogP contribution in [0.2, 0.25) is 0 Å². The van der Waals surface area contributed by atoms with Crippen molar-refractivity contribution in [2.45, 2.75) is 254 Å². The highest BCUT2D eigenvalue weighted by molar-refractivity contribution is 7.16. The van der Waals surface area contributed by atoms with Crippen LogP contribution in [0.1, 0.15) is 249 Å². The van der Waals surface area contributed by atoms with E-state index in [0.29, 0.717) is 5.92 Å². The number of hydrogen-bond donors (Lipinski definition) is 0. The van der Waals surface area contributed by atoms with Crippen LogP contribution in [-0.2, 0) is 38.5 Å². The Morgan fingerprint density at radius 1 is 0.349 bits per heavy atom. The summed E-state index contributed by atoms with van der Waals surface area (Å²) < 4.78 is 0. The van der Waals surface area contributed by atoms with E-state index in [9.17, 15) is 0 Å². The van der Waals surface area contributed by atoms with Gasteiger partial charge in [-0.25, -0.2) is 0 Å². The van der Waals surface area contributed by atoms with E-state index in [1.54, 1.807) is 59.7 Å². The van der Waals surface area contributed by atoms with Gasteiger partial charge in [0.25, 0.3) is 0 Å². The summed E-state index contributed by atoms with van der Waals surface area (Å²) in [5, 5.41) is 6.87. The quantitative estimate of drug-likeness (QED) is 0.0314. The van der Waals surface area contributed by atoms with Crippen LogP contribution in [-0.4, -0.2) is 8.07 Å². The number of hydrogen-bond acceptors (Lipinski definition) is 0. The van der Waals surface area contributed by atoms with Crippen molar-refractivity contribution in [3.63, 3.8) is 0 Å². The fourth-order valence-corrected chi connectivity index (χ4v) is 16.5. The van der Waals surface area contributed by atoms with E-state index >= 15 is 0 Å². The van der Waals surface area contributed by atoms with Crippen LogP contribution < -0.4 is 15.6 Å². The van der Waals surface area contributed by atoms with Gasteiger partial charge in [-0.05, 0) is 144 Å². The monoisotopic (exact) mass is 871 g/mol. The SMILES string of the molecule is CCCCCCc1cc(CCCCCC)cc([Si](C2=C(C(C)C)C=CC2)(c2cc(CCCCCC)cc(CCCCCC)c2)c2cc(CCCCCC)cc(CCCCCC)c2)c1. The van der Waals surface area contributed by atoms with Crippen molar-refractivity contribution in [3.05, 3.63) is 111 Å². The Morgan fingerprint density at radius 3 is 0.825 bits per heavy atom. The maximum absolute atomic E-state index is 2.81. The molecule has 4 rings (SSSR count). The van der Waals surface area contributed by atoms with E-state index in [4.69, 9.17) is 0 Å². The molecule has 1 aliphatic rings. The zero-order valence-electron chi connectivity index (χ0n) is 42.8. The summed E-state index contributed by atoms with van der Waals surface area (Å²) in [5.74, 6) is 0.493. The molecular formula is C62H98Si. The van der Waals surface area contributed by atoms with Crippen LogP contribution in [0.4, 0.5) is 0 Å². The van der Waals surface area contributed by atoms with Gasteiger partial charge in [0.2, 0.25) is 0 Å². The van der Waals surface area contributed by atoms with Gasteiger partial charge in [0.1, 0.15) is 0 Å². The number of unbranched alkanes of at least 4 members (excludes halogenated alkanes) is 18. The topological polar surface area (TPSA) is 0 Å². The van der Waals surface area contributed by atoms with Gasteiger partial charge in [-0.1, -0.05) is 243 Å². The van der Waals surface area contributed by atoms with Crippen molar-refractivity contribution in [2.75, 3.05) is 0 Å². The lowest BCUT2D eigenvalue weighted by Gasteiger charge is -2.39. The molecule has 3 aromatic carbocycles. The third-order valence-electron chi connectivity index (χ3n) is 14.4. The number of benzene rings is 3. The van der Waals surface area contributed by atoms with Gasteiger partial charge >= 0.3 is 0 Å². The summed E-state index contributed by atoms with van der Waals surface area (Å²) in [4.78, 5) is 0. The largest absolute Gasteiger partial charge is 0.176 e. The zero-order valence-corrected chi connectivity index (χ0v) is 43.8. The summed E-state index contributed by atoms with van der Waals surface area (Å²) >= 11 is 0. The Morgan fingerprint density at radius 2 is 0.603 bits per heavy atom. The van der Waals surface area contributed by atoms with E-state index in [0.717, 1.165) is 6.42 Å². The highest BCUT2D eigenvalue weighted by Gasteiger charge is 2.46. The van der Waals surface area contributed by atoms with Crippen LogP contribution in [0.3, 0.4) is 0 Å². The molecule has 0 fully saturated rings. The molecule has 0 aromatic heterocycles. The average Bonchev–Trinajstić information content (AvgIpc) is 3.78. The molecule has 63 heavy (non-hydrogen) atoms. The van der Waals surface area contributed by atoms with Gasteiger partial charge in [0.15, 0.2) is 8.07 Å². The molecule has 0 unspecified atom stereocenters. The molecule has 0 atom stereocenters. The fraction of sp³-hybridized carbons (Fsp3) is 0.645. The Hall–Kier alpha value is -2.64. The lowest BCUT2D eigenvalue weighted by Crippen LogP contribution is -2.69. The van der Waals surface area contributed by atoms with Gasteiger partial charge in [-0.15, -0.1) is 0 Å². The third kappa shape index (κ3) is 16.9. The molecule has 0 aliphatic heterocycles. The van der Waals surface area contributed by atoms with Gasteiger partial charge in [0, 0.05) is 0 Å². The maximum atomic E-state index is 2.81. The predicted molar refractivity (Wildman–Crippen MR) is 287 cm³/mol. The number of allylic oxidation sites excluding steroid dienone is 4. The summed E-state index contributed by atoms with van der Waals surface area (Å²) in [5.41, 5.74) is 11.3. The maximum Gasteiger partial charge on any atom is 0.176 e. The standard InChI is InChI=1S/C62H98Si/c1-9-15-21-27-34-52-42-53(35-28-22-16-10-2)46-58(45-52)63(62-41-33-40-61(62)51(7)8,59-47-54(36-29-23-17-11-3)43-55(48-59)37-30-24-18-12-4)60-49-56(38-31-25-19-13-5)44-57(50-60)39-32-26-20-14-6/h33,40,42-51H,9-32,34-39,41H2,1-8H3. The van der Waals surface area contributed by atoms with Gasteiger partial charge in [-0.2, -0.15) is 0 Å². The molecule has 0 bridgehead atoms. The third-order valence-corrected chi connectivity index (χ3v) is 19.3. The molecule has 3 aromatic rings. The lowest BCUT2D eigenvalue weighted by atomic mass is 10.00. The molecule has 0 radical (unpaired) electrons. The molecule has 0 nitrogen and oxygen atoms in total. The summed E-state index contributed by atoms with van der Waals surface area (Å²) in [6.45, 7) is 19.1. The van der Waals surface area contributed by atoms with Crippen molar-refractivity contribution in [2.24, 2.45) is 5.92 Å². The first kappa shape index (κ1) is 53.0. The highest BCUT2D eigenvalue weighted by Crippen LogP contribution is 2.35. The molecule has 0 saturated carbocycles. The van der Waals surface area contributed by atoms with Crippen molar-refractivity contribution >= 4 is 23.6 Å². The van der Waals surface area contributed by atoms with Crippen LogP contribution in [0.5, 0.6) is 0 Å². The molecule has 0 amide bonds. The molecule has 1 aliphatic carbocycles. The molecule has 350 valence electrons. The zero-order chi connectivity index (χ0) is 45.1. The average molecular weight is 872 g/mol. The lowest BCUT2D eigenvalue weighted by molar-refractivity contribution is 0.661. The Labute approximate surface area is 393 Å². The Kier molecular flexibility index (Phi) is 25.7. The first-order chi connectivity index (χ1) is 30.8. The van der Waals surface area contributed by atoms with Crippen molar-refractivity contribution < 1.29 is 0 Å². The second-order valence-electron chi connectivity index (χ2n) is 20.4. The van der Waals surface area contributed by atoms with Gasteiger partial charge < -0.3 is 0 Å². The second kappa shape index (κ2) is 30.5.